The van der Waals surface area contributed by atoms with Crippen molar-refractivity contribution in [1.82, 2.24) is 0 Å². The van der Waals surface area contributed by atoms with Crippen LogP contribution in [0.15, 0.2) is 32.9 Å². The van der Waals surface area contributed by atoms with Crippen molar-refractivity contribution in [3.8, 4) is 0 Å². The summed E-state index contributed by atoms with van der Waals surface area (Å²) >= 11 is -3.45. The van der Waals surface area contributed by atoms with Crippen molar-refractivity contribution in [3.63, 3.8) is 0 Å². The summed E-state index contributed by atoms with van der Waals surface area (Å²) in [6.07, 6.45) is 4.63. The van der Waals surface area contributed by atoms with Crippen molar-refractivity contribution in [2.45, 2.75) is 14.7 Å². The Bertz CT molecular complexity index is 275. The maximum atomic E-state index is 11.3. The van der Waals surface area contributed by atoms with Crippen LogP contribution in [-0.4, -0.2) is 32.4 Å². The molecular formula is C9H12O3S3. The van der Waals surface area contributed by atoms with Gasteiger partial charge in [0.05, 0.1) is 0 Å². The quantitative estimate of drug-likeness (QED) is 0.762. The summed E-state index contributed by atoms with van der Waals surface area (Å²) < 4.78 is 33.9. The van der Waals surface area contributed by atoms with Crippen LogP contribution in [0.25, 0.3) is 0 Å². The molecule has 1 aromatic carbocycles. The highest BCUT2D eigenvalue weighted by Crippen LogP contribution is 2.22. The van der Waals surface area contributed by atoms with Crippen LogP contribution in [0.3, 0.4) is 0 Å². The van der Waals surface area contributed by atoms with Crippen LogP contribution in [0.1, 0.15) is 0 Å². The third kappa shape index (κ3) is 3.58. The lowest BCUT2D eigenvalue weighted by Gasteiger charge is -2.11. The first-order chi connectivity index (χ1) is 6.91. The molecule has 0 radical (unpaired) electrons. The molecule has 3 unspecified atom stereocenters. The van der Waals surface area contributed by atoms with E-state index in [9.17, 15) is 13.7 Å². The molecule has 0 bridgehead atoms. The fraction of sp³-hybridized carbons (Fsp3) is 0.333. The van der Waals surface area contributed by atoms with E-state index in [1.807, 2.05) is 0 Å². The molecule has 0 aliphatic rings. The number of benzene rings is 1. The fourth-order valence-electron chi connectivity index (χ4n) is 1.04. The maximum Gasteiger partial charge on any atom is 0.162 e. The molecule has 3 nitrogen and oxygen atoms in total. The molecule has 0 fully saturated rings. The summed E-state index contributed by atoms with van der Waals surface area (Å²) in [6, 6.07) is 4.88. The van der Waals surface area contributed by atoms with Gasteiger partial charge in [-0.2, -0.15) is 0 Å². The van der Waals surface area contributed by atoms with Crippen LogP contribution in [-0.2, 0) is 33.5 Å². The van der Waals surface area contributed by atoms with Crippen molar-refractivity contribution in [3.05, 3.63) is 18.2 Å². The minimum absolute atomic E-state index is 0.563. The third-order valence-corrected chi connectivity index (χ3v) is 4.55. The van der Waals surface area contributed by atoms with Gasteiger partial charge in [0.2, 0.25) is 0 Å². The summed E-state index contributed by atoms with van der Waals surface area (Å²) in [7, 11) is 0. The predicted molar refractivity (Wildman–Crippen MR) is 63.4 cm³/mol. The van der Waals surface area contributed by atoms with Gasteiger partial charge >= 0.3 is 0 Å². The molecule has 0 heterocycles. The summed E-state index contributed by atoms with van der Waals surface area (Å²) in [5.41, 5.74) is 0. The first-order valence-corrected chi connectivity index (χ1v) is 8.74. The van der Waals surface area contributed by atoms with E-state index in [-0.39, 0.29) is 0 Å². The second kappa shape index (κ2) is 5.47. The van der Waals surface area contributed by atoms with Crippen molar-refractivity contribution in [2.24, 2.45) is 0 Å². The maximum absolute atomic E-state index is 11.3. The van der Waals surface area contributed by atoms with E-state index in [4.69, 9.17) is 0 Å². The van der Waals surface area contributed by atoms with Crippen molar-refractivity contribution >= 4 is 33.5 Å². The molecule has 84 valence electrons. The summed E-state index contributed by atoms with van der Waals surface area (Å²) in [5, 5.41) is 0. The average molecular weight is 264 g/mol. The summed E-state index contributed by atoms with van der Waals surface area (Å²) in [6.45, 7) is 0. The zero-order valence-electron chi connectivity index (χ0n) is 8.68. The zero-order chi connectivity index (χ0) is 11.6. The van der Waals surface area contributed by atoms with Gasteiger partial charge in [0.1, 0.15) is 18.8 Å². The standard InChI is InChI=1S/C9H12O3S3/c1-13(10)7-4-8(14(2)11)6-9(5-7)15(3)12/h4-6H,1-3H3. The summed E-state index contributed by atoms with van der Waals surface area (Å²) in [4.78, 5) is 1.69. The SMILES string of the molecule is C[S+]([O-])c1cc([S+](C)[O-])cc([S+](C)[O-])c1. The number of hydrogen-bond donors (Lipinski definition) is 0. The second-order valence-corrected chi connectivity index (χ2v) is 7.14. The van der Waals surface area contributed by atoms with Gasteiger partial charge in [-0.05, 0) is 33.5 Å². The van der Waals surface area contributed by atoms with Gasteiger partial charge in [-0.15, -0.1) is 0 Å². The molecule has 15 heavy (non-hydrogen) atoms. The smallest absolute Gasteiger partial charge is 0.162 e. The lowest BCUT2D eigenvalue weighted by Crippen LogP contribution is -2.06. The van der Waals surface area contributed by atoms with Gasteiger partial charge in [-0.1, -0.05) is 0 Å². The van der Waals surface area contributed by atoms with E-state index in [0.717, 1.165) is 0 Å². The van der Waals surface area contributed by atoms with E-state index >= 15 is 0 Å². The highest BCUT2D eigenvalue weighted by atomic mass is 32.2. The summed E-state index contributed by atoms with van der Waals surface area (Å²) in [5.74, 6) is 0. The largest absolute Gasteiger partial charge is 0.612 e. The van der Waals surface area contributed by atoms with Crippen LogP contribution in [0.5, 0.6) is 0 Å². The Labute approximate surface area is 98.8 Å². The van der Waals surface area contributed by atoms with E-state index in [1.54, 1.807) is 37.0 Å². The molecular weight excluding hydrogens is 252 g/mol. The van der Waals surface area contributed by atoms with Crippen LogP contribution >= 0.6 is 0 Å². The molecule has 0 saturated heterocycles. The van der Waals surface area contributed by atoms with E-state index in [0.29, 0.717) is 14.7 Å². The van der Waals surface area contributed by atoms with Crippen LogP contribution < -0.4 is 0 Å². The minimum atomic E-state index is -1.15. The predicted octanol–water partition coefficient (Wildman–Crippen LogP) is 0.899. The molecule has 0 spiro atoms. The first kappa shape index (κ1) is 13.2. The van der Waals surface area contributed by atoms with E-state index < -0.39 is 33.5 Å². The molecule has 0 amide bonds. The third-order valence-electron chi connectivity index (χ3n) is 1.85. The van der Waals surface area contributed by atoms with Crippen molar-refractivity contribution < 1.29 is 13.7 Å². The molecule has 6 heteroatoms. The molecule has 1 aromatic rings. The molecule has 0 aliphatic heterocycles. The molecule has 0 N–H and O–H groups in total. The van der Waals surface area contributed by atoms with Gasteiger partial charge in [0.25, 0.3) is 0 Å². The minimum Gasteiger partial charge on any atom is -0.612 e. The van der Waals surface area contributed by atoms with Crippen LogP contribution in [0.4, 0.5) is 0 Å². The molecule has 3 atom stereocenters. The topological polar surface area (TPSA) is 69.2 Å². The Morgan fingerprint density at radius 2 is 0.867 bits per heavy atom. The lowest BCUT2D eigenvalue weighted by molar-refractivity contribution is 0.595. The number of rotatable bonds is 3. The highest BCUT2D eigenvalue weighted by Gasteiger charge is 2.18. The Hall–Kier alpha value is 0.150. The Kier molecular flexibility index (Phi) is 4.82. The van der Waals surface area contributed by atoms with Gasteiger partial charge < -0.3 is 13.7 Å². The molecule has 0 aromatic heterocycles. The van der Waals surface area contributed by atoms with Crippen molar-refractivity contribution in [2.75, 3.05) is 18.8 Å². The van der Waals surface area contributed by atoms with Crippen LogP contribution in [0.2, 0.25) is 0 Å². The van der Waals surface area contributed by atoms with Gasteiger partial charge in [0, 0.05) is 18.2 Å². The zero-order valence-corrected chi connectivity index (χ0v) is 11.1. The fourth-order valence-corrected chi connectivity index (χ4v) is 3.02. The average Bonchev–Trinajstić information content (AvgIpc) is 2.16. The van der Waals surface area contributed by atoms with Gasteiger partial charge in [-0.3, -0.25) is 0 Å². The molecule has 0 aliphatic carbocycles. The Balaban J connectivity index is 3.20. The highest BCUT2D eigenvalue weighted by molar-refractivity contribution is 7.92. The van der Waals surface area contributed by atoms with Crippen molar-refractivity contribution in [1.29, 1.82) is 0 Å². The van der Waals surface area contributed by atoms with Crippen LogP contribution in [0, 0.1) is 0 Å². The normalized spacial score (nSPS) is 17.2. The van der Waals surface area contributed by atoms with E-state index in [1.165, 1.54) is 0 Å². The van der Waals surface area contributed by atoms with Gasteiger partial charge in [-0.25, -0.2) is 0 Å². The van der Waals surface area contributed by atoms with Gasteiger partial charge in [0.15, 0.2) is 14.7 Å². The van der Waals surface area contributed by atoms with E-state index in [2.05, 4.69) is 0 Å². The number of hydrogen-bond acceptors (Lipinski definition) is 3. The second-order valence-electron chi connectivity index (χ2n) is 3.00. The Morgan fingerprint density at radius 3 is 1.00 bits per heavy atom. The lowest BCUT2D eigenvalue weighted by atomic mass is 10.4. The monoisotopic (exact) mass is 264 g/mol. The molecule has 1 rings (SSSR count). The Morgan fingerprint density at radius 1 is 0.667 bits per heavy atom. The first-order valence-electron chi connectivity index (χ1n) is 4.07. The molecule has 0 saturated carbocycles.